The van der Waals surface area contributed by atoms with Crippen LogP contribution in [-0.4, -0.2) is 22.8 Å². The Hall–Kier alpha value is -1.05. The van der Waals surface area contributed by atoms with Crippen molar-refractivity contribution < 1.29 is 15.0 Å². The zero-order chi connectivity index (χ0) is 7.11. The largest absolute Gasteiger partial charge is 0.481 e. The number of hydrogen-bond donors (Lipinski definition) is 2. The molecule has 0 aliphatic heterocycles. The van der Waals surface area contributed by atoms with Crippen molar-refractivity contribution in [2.75, 3.05) is 6.61 Å². The summed E-state index contributed by atoms with van der Waals surface area (Å²) in [5, 5.41) is 16.2. The third-order valence-corrected chi connectivity index (χ3v) is 0.604. The number of carboxylic acid groups (broad SMARTS) is 1. The fraction of sp³-hybridized carbons (Fsp3) is 0.333. The standard InChI is InChI=1S/C6H8O3/c7-5-3-1-2-4-6(8)9/h2-3,7H,4-5H2,(H,8,9). The monoisotopic (exact) mass is 128 g/mol. The van der Waals surface area contributed by atoms with E-state index in [-0.39, 0.29) is 13.0 Å². The van der Waals surface area contributed by atoms with Gasteiger partial charge < -0.3 is 10.2 Å². The average Bonchev–Trinajstić information content (AvgIpc) is 1.80. The van der Waals surface area contributed by atoms with Gasteiger partial charge in [0.05, 0.1) is 13.0 Å². The highest BCUT2D eigenvalue weighted by molar-refractivity contribution is 5.68. The molecule has 3 heteroatoms. The van der Waals surface area contributed by atoms with Crippen LogP contribution >= 0.6 is 0 Å². The van der Waals surface area contributed by atoms with Gasteiger partial charge in [0.1, 0.15) is 0 Å². The SMILES string of the molecule is O=C(O)CC=C=CCO. The number of aliphatic hydroxyl groups excluding tert-OH is 1. The maximum Gasteiger partial charge on any atom is 0.307 e. The van der Waals surface area contributed by atoms with Gasteiger partial charge in [-0.1, -0.05) is 0 Å². The molecule has 0 aromatic heterocycles. The summed E-state index contributed by atoms with van der Waals surface area (Å²) in [6, 6.07) is 0. The molecule has 0 saturated heterocycles. The molecule has 0 unspecified atom stereocenters. The van der Waals surface area contributed by atoms with Gasteiger partial charge in [-0.2, -0.15) is 0 Å². The molecule has 0 amide bonds. The first-order valence-electron chi connectivity index (χ1n) is 2.49. The molecule has 0 radical (unpaired) electrons. The molecule has 50 valence electrons. The van der Waals surface area contributed by atoms with E-state index in [1.807, 2.05) is 0 Å². The Labute approximate surface area is 52.9 Å². The van der Waals surface area contributed by atoms with E-state index in [1.165, 1.54) is 12.2 Å². The lowest BCUT2D eigenvalue weighted by molar-refractivity contribution is -0.135. The molecule has 0 fully saturated rings. The molecule has 2 N–H and O–H groups in total. The molecule has 0 heterocycles. The van der Waals surface area contributed by atoms with E-state index < -0.39 is 5.97 Å². The first-order valence-corrected chi connectivity index (χ1v) is 2.49. The van der Waals surface area contributed by atoms with Crippen LogP contribution in [0.15, 0.2) is 17.9 Å². The third kappa shape index (κ3) is 6.95. The minimum atomic E-state index is -0.895. The van der Waals surface area contributed by atoms with E-state index in [2.05, 4.69) is 5.73 Å². The Morgan fingerprint density at radius 2 is 2.22 bits per heavy atom. The summed E-state index contributed by atoms with van der Waals surface area (Å²) in [5.41, 5.74) is 2.49. The van der Waals surface area contributed by atoms with Crippen LogP contribution in [0.1, 0.15) is 6.42 Å². The van der Waals surface area contributed by atoms with Gasteiger partial charge in [-0.25, -0.2) is 0 Å². The zero-order valence-corrected chi connectivity index (χ0v) is 4.87. The summed E-state index contributed by atoms with van der Waals surface area (Å²) < 4.78 is 0. The first kappa shape index (κ1) is 7.95. The van der Waals surface area contributed by atoms with E-state index in [0.29, 0.717) is 0 Å². The molecule has 0 saturated carbocycles. The minimum Gasteiger partial charge on any atom is -0.481 e. The second-order valence-electron chi connectivity index (χ2n) is 1.36. The molecular formula is C6H8O3. The predicted octanol–water partition coefficient (Wildman–Crippen LogP) is 0.165. The van der Waals surface area contributed by atoms with Crippen molar-refractivity contribution in [2.24, 2.45) is 0 Å². The number of aliphatic carboxylic acids is 1. The smallest absolute Gasteiger partial charge is 0.307 e. The Morgan fingerprint density at radius 3 is 2.67 bits per heavy atom. The fourth-order valence-electron chi connectivity index (χ4n) is 0.282. The quantitative estimate of drug-likeness (QED) is 0.532. The van der Waals surface area contributed by atoms with Crippen LogP contribution in [0.4, 0.5) is 0 Å². The maximum absolute atomic E-state index is 9.81. The molecule has 0 aromatic carbocycles. The second-order valence-corrected chi connectivity index (χ2v) is 1.36. The molecule has 0 aromatic rings. The third-order valence-electron chi connectivity index (χ3n) is 0.604. The van der Waals surface area contributed by atoms with Gasteiger partial charge in [-0.15, -0.1) is 5.73 Å². The second kappa shape index (κ2) is 5.09. The molecule has 0 aliphatic rings. The predicted molar refractivity (Wildman–Crippen MR) is 32.0 cm³/mol. The van der Waals surface area contributed by atoms with Crippen LogP contribution in [0.3, 0.4) is 0 Å². The topological polar surface area (TPSA) is 57.5 Å². The van der Waals surface area contributed by atoms with E-state index in [1.54, 1.807) is 0 Å². The van der Waals surface area contributed by atoms with Gasteiger partial charge in [0.2, 0.25) is 0 Å². The highest BCUT2D eigenvalue weighted by Crippen LogP contribution is 1.78. The minimum absolute atomic E-state index is 0.0451. The first-order chi connectivity index (χ1) is 4.27. The lowest BCUT2D eigenvalue weighted by Gasteiger charge is -1.76. The zero-order valence-electron chi connectivity index (χ0n) is 4.87. The van der Waals surface area contributed by atoms with E-state index in [4.69, 9.17) is 10.2 Å². The molecular weight excluding hydrogens is 120 g/mol. The number of carbonyl (C=O) groups is 1. The van der Waals surface area contributed by atoms with Crippen LogP contribution in [0, 0.1) is 0 Å². The van der Waals surface area contributed by atoms with Crippen LogP contribution in [0.25, 0.3) is 0 Å². The Bertz CT molecular complexity index is 142. The molecule has 0 spiro atoms. The molecule has 0 rings (SSSR count). The van der Waals surface area contributed by atoms with Crippen LogP contribution in [0.2, 0.25) is 0 Å². The average molecular weight is 128 g/mol. The molecule has 3 nitrogen and oxygen atoms in total. The number of rotatable bonds is 3. The van der Waals surface area contributed by atoms with Crippen molar-refractivity contribution in [2.45, 2.75) is 6.42 Å². The normalized spacial score (nSPS) is 7.67. The Kier molecular flexibility index (Phi) is 4.50. The highest BCUT2D eigenvalue weighted by Gasteiger charge is 1.85. The van der Waals surface area contributed by atoms with Crippen molar-refractivity contribution in [3.05, 3.63) is 17.9 Å². The summed E-state index contributed by atoms with van der Waals surface area (Å²) in [6.07, 6.45) is 2.65. The van der Waals surface area contributed by atoms with Crippen molar-refractivity contribution >= 4 is 5.97 Å². The summed E-state index contributed by atoms with van der Waals surface area (Å²) in [7, 11) is 0. The van der Waals surface area contributed by atoms with Gasteiger partial charge in [0.25, 0.3) is 0 Å². The van der Waals surface area contributed by atoms with Crippen LogP contribution in [0.5, 0.6) is 0 Å². The van der Waals surface area contributed by atoms with E-state index in [9.17, 15) is 4.79 Å². The molecule has 0 atom stereocenters. The van der Waals surface area contributed by atoms with Gasteiger partial charge in [-0.3, -0.25) is 4.79 Å². The van der Waals surface area contributed by atoms with Crippen molar-refractivity contribution in [3.63, 3.8) is 0 Å². The van der Waals surface area contributed by atoms with E-state index >= 15 is 0 Å². The summed E-state index contributed by atoms with van der Waals surface area (Å²) in [4.78, 5) is 9.81. The number of hydrogen-bond acceptors (Lipinski definition) is 2. The Balaban J connectivity index is 3.47. The van der Waals surface area contributed by atoms with E-state index in [0.717, 1.165) is 0 Å². The Morgan fingerprint density at radius 1 is 1.56 bits per heavy atom. The van der Waals surface area contributed by atoms with Crippen LogP contribution < -0.4 is 0 Å². The molecule has 9 heavy (non-hydrogen) atoms. The van der Waals surface area contributed by atoms with Gasteiger partial charge in [0, 0.05) is 0 Å². The summed E-state index contributed by atoms with van der Waals surface area (Å²) in [6.45, 7) is -0.101. The number of carboxylic acids is 1. The van der Waals surface area contributed by atoms with Gasteiger partial charge in [-0.05, 0) is 12.2 Å². The van der Waals surface area contributed by atoms with Gasteiger partial charge in [0.15, 0.2) is 0 Å². The molecule has 0 bridgehead atoms. The summed E-state index contributed by atoms with van der Waals surface area (Å²) in [5.74, 6) is -0.895. The maximum atomic E-state index is 9.81. The summed E-state index contributed by atoms with van der Waals surface area (Å²) >= 11 is 0. The number of aliphatic hydroxyl groups is 1. The molecule has 0 aliphatic carbocycles. The van der Waals surface area contributed by atoms with Crippen molar-refractivity contribution in [1.82, 2.24) is 0 Å². The van der Waals surface area contributed by atoms with Crippen molar-refractivity contribution in [3.8, 4) is 0 Å². The lowest BCUT2D eigenvalue weighted by atomic mass is 10.4. The van der Waals surface area contributed by atoms with Crippen molar-refractivity contribution in [1.29, 1.82) is 0 Å². The van der Waals surface area contributed by atoms with Crippen LogP contribution in [-0.2, 0) is 4.79 Å². The lowest BCUT2D eigenvalue weighted by Crippen LogP contribution is -1.88. The highest BCUT2D eigenvalue weighted by atomic mass is 16.4. The van der Waals surface area contributed by atoms with Gasteiger partial charge >= 0.3 is 5.97 Å². The fourth-order valence-corrected chi connectivity index (χ4v) is 0.282.